The van der Waals surface area contributed by atoms with E-state index in [4.69, 9.17) is 12.2 Å². The van der Waals surface area contributed by atoms with Gasteiger partial charge in [0.25, 0.3) is 0 Å². The predicted octanol–water partition coefficient (Wildman–Crippen LogP) is 5.79. The molecule has 4 heteroatoms. The van der Waals surface area contributed by atoms with Crippen molar-refractivity contribution in [2.24, 2.45) is 0 Å². The van der Waals surface area contributed by atoms with Crippen LogP contribution in [-0.4, -0.2) is 30.1 Å². The second-order valence-electron chi connectivity index (χ2n) is 8.91. The molecule has 0 aromatic heterocycles. The quantitative estimate of drug-likeness (QED) is 0.380. The maximum Gasteiger partial charge on any atom is 0.171 e. The molecule has 0 saturated heterocycles. The zero-order chi connectivity index (χ0) is 22.4. The van der Waals surface area contributed by atoms with Gasteiger partial charge >= 0.3 is 0 Å². The standard InChI is InChI=1S/C29H25N3S/c1-32-17-22(16-21-12-6-10-19-8-2-4-13-23(19)21)27-26(18-32)28(31-29(33)30-27)25-15-7-11-20-9-3-5-14-24(20)25/h2-16,28H,17-18H2,1H3,(H2,30,31,33)/b22-16+. The van der Waals surface area contributed by atoms with Gasteiger partial charge in [0.1, 0.15) is 0 Å². The minimum atomic E-state index is 0.0403. The van der Waals surface area contributed by atoms with Gasteiger partial charge in [0.2, 0.25) is 0 Å². The number of hydrogen-bond donors (Lipinski definition) is 2. The number of rotatable bonds is 2. The van der Waals surface area contributed by atoms with Crippen molar-refractivity contribution < 1.29 is 0 Å². The van der Waals surface area contributed by atoms with E-state index in [1.54, 1.807) is 0 Å². The van der Waals surface area contributed by atoms with Crippen LogP contribution in [0.1, 0.15) is 17.2 Å². The molecule has 0 bridgehead atoms. The second kappa shape index (κ2) is 8.14. The Morgan fingerprint density at radius 2 is 1.48 bits per heavy atom. The van der Waals surface area contributed by atoms with Gasteiger partial charge in [-0.3, -0.25) is 4.90 Å². The number of hydrogen-bond acceptors (Lipinski definition) is 2. The molecule has 0 fully saturated rings. The van der Waals surface area contributed by atoms with Gasteiger partial charge in [0.15, 0.2) is 5.11 Å². The SMILES string of the molecule is CN1CC2=C(NC(=S)NC2c2cccc3ccccc23)/C(=C/c2cccc3ccccc23)C1. The van der Waals surface area contributed by atoms with Crippen molar-refractivity contribution in [2.75, 3.05) is 20.1 Å². The fourth-order valence-corrected chi connectivity index (χ4v) is 5.44. The van der Waals surface area contributed by atoms with E-state index in [9.17, 15) is 0 Å². The first-order valence-corrected chi connectivity index (χ1v) is 11.7. The zero-order valence-electron chi connectivity index (χ0n) is 18.5. The normalized spacial score (nSPS) is 20.1. The van der Waals surface area contributed by atoms with Crippen molar-refractivity contribution in [2.45, 2.75) is 6.04 Å². The molecular weight excluding hydrogens is 422 g/mol. The summed E-state index contributed by atoms with van der Waals surface area (Å²) in [7, 11) is 2.19. The van der Waals surface area contributed by atoms with E-state index in [2.05, 4.69) is 114 Å². The minimum Gasteiger partial charge on any atom is -0.352 e. The van der Waals surface area contributed by atoms with E-state index in [1.807, 2.05) is 0 Å². The summed E-state index contributed by atoms with van der Waals surface area (Å²) in [5.41, 5.74) is 6.27. The topological polar surface area (TPSA) is 27.3 Å². The molecule has 4 aromatic carbocycles. The highest BCUT2D eigenvalue weighted by Crippen LogP contribution is 2.37. The Morgan fingerprint density at radius 3 is 2.30 bits per heavy atom. The summed E-state index contributed by atoms with van der Waals surface area (Å²) in [6.45, 7) is 1.76. The molecule has 6 rings (SSSR count). The van der Waals surface area contributed by atoms with Gasteiger partial charge in [-0.15, -0.1) is 0 Å². The van der Waals surface area contributed by atoms with Crippen molar-refractivity contribution in [1.82, 2.24) is 15.5 Å². The summed E-state index contributed by atoms with van der Waals surface area (Å²) < 4.78 is 0. The van der Waals surface area contributed by atoms with Crippen LogP contribution in [0.15, 0.2) is 102 Å². The van der Waals surface area contributed by atoms with Gasteiger partial charge in [0, 0.05) is 18.8 Å². The molecule has 0 amide bonds. The largest absolute Gasteiger partial charge is 0.352 e. The van der Waals surface area contributed by atoms with Crippen molar-refractivity contribution >= 4 is 45.0 Å². The molecule has 1 unspecified atom stereocenters. The van der Waals surface area contributed by atoms with Gasteiger partial charge in [-0.1, -0.05) is 84.9 Å². The highest BCUT2D eigenvalue weighted by atomic mass is 32.1. The van der Waals surface area contributed by atoms with Crippen LogP contribution < -0.4 is 10.6 Å². The molecule has 3 nitrogen and oxygen atoms in total. The zero-order valence-corrected chi connectivity index (χ0v) is 19.3. The van der Waals surface area contributed by atoms with Crippen LogP contribution in [0.5, 0.6) is 0 Å². The van der Waals surface area contributed by atoms with Crippen LogP contribution >= 0.6 is 12.2 Å². The number of benzene rings is 4. The molecule has 0 radical (unpaired) electrons. The first-order chi connectivity index (χ1) is 16.2. The van der Waals surface area contributed by atoms with Crippen molar-refractivity contribution in [1.29, 1.82) is 0 Å². The smallest absolute Gasteiger partial charge is 0.171 e. The third-order valence-corrected chi connectivity index (χ3v) is 6.89. The highest BCUT2D eigenvalue weighted by Gasteiger charge is 2.32. The maximum atomic E-state index is 5.70. The number of fused-ring (bicyclic) bond motifs is 2. The molecule has 0 saturated carbocycles. The van der Waals surface area contributed by atoms with E-state index in [-0.39, 0.29) is 6.04 Å². The molecular formula is C29H25N3S. The molecule has 2 N–H and O–H groups in total. The van der Waals surface area contributed by atoms with Crippen LogP contribution in [0.25, 0.3) is 27.6 Å². The first kappa shape index (κ1) is 20.2. The Labute approximate surface area is 199 Å². The molecule has 2 heterocycles. The lowest BCUT2D eigenvalue weighted by molar-refractivity contribution is 0.364. The van der Waals surface area contributed by atoms with E-state index in [0.29, 0.717) is 5.11 Å². The Morgan fingerprint density at radius 1 is 0.818 bits per heavy atom. The number of nitrogens with zero attached hydrogens (tertiary/aromatic N) is 1. The fourth-order valence-electron chi connectivity index (χ4n) is 5.22. The first-order valence-electron chi connectivity index (χ1n) is 11.3. The van der Waals surface area contributed by atoms with Crippen molar-refractivity contribution in [3.8, 4) is 0 Å². The van der Waals surface area contributed by atoms with E-state index in [1.165, 1.54) is 49.5 Å². The number of thiocarbonyl (C=S) groups is 1. The lowest BCUT2D eigenvalue weighted by atomic mass is 9.87. The van der Waals surface area contributed by atoms with E-state index >= 15 is 0 Å². The summed E-state index contributed by atoms with van der Waals surface area (Å²) in [6.07, 6.45) is 2.33. The van der Waals surface area contributed by atoms with Crippen LogP contribution in [0.2, 0.25) is 0 Å². The highest BCUT2D eigenvalue weighted by molar-refractivity contribution is 7.80. The predicted molar refractivity (Wildman–Crippen MR) is 142 cm³/mol. The Kier molecular flexibility index (Phi) is 4.97. The maximum absolute atomic E-state index is 5.70. The van der Waals surface area contributed by atoms with Crippen molar-refractivity contribution in [3.63, 3.8) is 0 Å². The fraction of sp³-hybridized carbons (Fsp3) is 0.138. The Hall–Kier alpha value is -3.47. The third-order valence-electron chi connectivity index (χ3n) is 6.67. The Balaban J connectivity index is 1.53. The molecule has 2 aliphatic rings. The van der Waals surface area contributed by atoms with Gasteiger partial charge < -0.3 is 10.6 Å². The summed E-state index contributed by atoms with van der Waals surface area (Å²) in [6, 6.07) is 30.2. The summed E-state index contributed by atoms with van der Waals surface area (Å²) in [5.74, 6) is 0. The van der Waals surface area contributed by atoms with Gasteiger partial charge in [0.05, 0.1) is 6.04 Å². The number of nitrogens with one attached hydrogen (secondary N) is 2. The molecule has 33 heavy (non-hydrogen) atoms. The Bertz CT molecular complexity index is 1460. The molecule has 0 aliphatic carbocycles. The van der Waals surface area contributed by atoms with Crippen LogP contribution in [-0.2, 0) is 0 Å². The van der Waals surface area contributed by atoms with Gasteiger partial charge in [-0.25, -0.2) is 0 Å². The van der Waals surface area contributed by atoms with E-state index < -0.39 is 0 Å². The number of likely N-dealkylation sites (N-methyl/N-ethyl adjacent to an activating group) is 1. The molecule has 1 atom stereocenters. The van der Waals surface area contributed by atoms with Gasteiger partial charge in [-0.2, -0.15) is 0 Å². The molecule has 0 spiro atoms. The lowest BCUT2D eigenvalue weighted by Crippen LogP contribution is -2.49. The van der Waals surface area contributed by atoms with Crippen LogP contribution in [0, 0.1) is 0 Å². The lowest BCUT2D eigenvalue weighted by Gasteiger charge is -2.39. The third kappa shape index (κ3) is 3.62. The summed E-state index contributed by atoms with van der Waals surface area (Å²) >= 11 is 5.70. The average molecular weight is 448 g/mol. The summed E-state index contributed by atoms with van der Waals surface area (Å²) in [5, 5.41) is 12.8. The average Bonchev–Trinajstić information content (AvgIpc) is 2.84. The molecule has 162 valence electrons. The van der Waals surface area contributed by atoms with Crippen LogP contribution in [0.3, 0.4) is 0 Å². The summed E-state index contributed by atoms with van der Waals surface area (Å²) in [4.78, 5) is 2.38. The minimum absolute atomic E-state index is 0.0403. The van der Waals surface area contributed by atoms with Crippen LogP contribution in [0.4, 0.5) is 0 Å². The molecule has 2 aliphatic heterocycles. The van der Waals surface area contributed by atoms with E-state index in [0.717, 1.165) is 13.1 Å². The van der Waals surface area contributed by atoms with Crippen molar-refractivity contribution in [3.05, 3.63) is 113 Å². The monoisotopic (exact) mass is 447 g/mol. The van der Waals surface area contributed by atoms with Gasteiger partial charge in [-0.05, 0) is 69.2 Å². The second-order valence-corrected chi connectivity index (χ2v) is 9.32. The molecule has 4 aromatic rings.